The van der Waals surface area contributed by atoms with Crippen LogP contribution in [0.15, 0.2) is 71.6 Å². The molecule has 0 unspecified atom stereocenters. The molecule has 134 valence electrons. The maximum absolute atomic E-state index is 12.6. The Bertz CT molecular complexity index is 1120. The number of nitrogens with one attached hydrogen (secondary N) is 1. The van der Waals surface area contributed by atoms with Crippen molar-refractivity contribution in [1.29, 1.82) is 0 Å². The number of halogens is 1. The number of nitrogens with zero attached hydrogens (tertiary/aromatic N) is 3. The van der Waals surface area contributed by atoms with Gasteiger partial charge in [0, 0.05) is 4.47 Å². The van der Waals surface area contributed by atoms with E-state index in [1.165, 1.54) is 0 Å². The minimum Gasteiger partial charge on any atom is -0.497 e. The number of carbonyl (C=O) groups is 1. The van der Waals surface area contributed by atoms with Crippen LogP contribution in [0.25, 0.3) is 16.9 Å². The van der Waals surface area contributed by atoms with Crippen molar-refractivity contribution in [2.45, 2.75) is 0 Å². The number of hydrogen-bond acceptors (Lipinski definition) is 4. The number of rotatable bonds is 4. The Kier molecular flexibility index (Phi) is 4.60. The second-order valence-electron chi connectivity index (χ2n) is 5.81. The number of para-hydroxylation sites is 2. The van der Waals surface area contributed by atoms with E-state index < -0.39 is 0 Å². The van der Waals surface area contributed by atoms with Crippen molar-refractivity contribution >= 4 is 38.6 Å². The Morgan fingerprint density at radius 3 is 2.74 bits per heavy atom. The summed E-state index contributed by atoms with van der Waals surface area (Å²) in [7, 11) is 1.56. The van der Waals surface area contributed by atoms with Crippen LogP contribution in [0.2, 0.25) is 0 Å². The molecule has 2 aromatic heterocycles. The van der Waals surface area contributed by atoms with Crippen molar-refractivity contribution in [2.75, 3.05) is 12.4 Å². The first-order chi connectivity index (χ1) is 13.2. The molecular formula is C20H15BrN4O2. The number of methoxy groups -OCH3 is 1. The van der Waals surface area contributed by atoms with Gasteiger partial charge in [0.2, 0.25) is 0 Å². The fourth-order valence-corrected chi connectivity index (χ4v) is 3.17. The number of carbonyl (C=O) groups excluding carboxylic acids is 1. The summed E-state index contributed by atoms with van der Waals surface area (Å²) in [5.74, 6) is 1.09. The van der Waals surface area contributed by atoms with Gasteiger partial charge in [0.25, 0.3) is 5.91 Å². The minimum absolute atomic E-state index is 0.247. The largest absolute Gasteiger partial charge is 0.497 e. The van der Waals surface area contributed by atoms with Gasteiger partial charge < -0.3 is 10.1 Å². The molecule has 0 aliphatic carbocycles. The first-order valence-electron chi connectivity index (χ1n) is 8.19. The molecule has 0 aliphatic rings. The molecule has 1 N–H and O–H groups in total. The Labute approximate surface area is 164 Å². The number of hydrogen-bond donors (Lipinski definition) is 1. The van der Waals surface area contributed by atoms with Gasteiger partial charge in [-0.25, -0.2) is 9.97 Å². The number of imidazole rings is 1. The lowest BCUT2D eigenvalue weighted by Gasteiger charge is -2.09. The van der Waals surface area contributed by atoms with Crippen LogP contribution >= 0.6 is 15.9 Å². The Hall–Kier alpha value is -3.19. The fourth-order valence-electron chi connectivity index (χ4n) is 2.75. The molecular weight excluding hydrogens is 408 g/mol. The van der Waals surface area contributed by atoms with E-state index in [-0.39, 0.29) is 5.91 Å². The van der Waals surface area contributed by atoms with Crippen molar-refractivity contribution in [2.24, 2.45) is 0 Å². The number of amides is 1. The van der Waals surface area contributed by atoms with Crippen LogP contribution in [-0.2, 0) is 0 Å². The predicted molar refractivity (Wildman–Crippen MR) is 108 cm³/mol. The highest BCUT2D eigenvalue weighted by Crippen LogP contribution is 2.24. The zero-order valence-corrected chi connectivity index (χ0v) is 16.0. The Morgan fingerprint density at radius 2 is 1.96 bits per heavy atom. The van der Waals surface area contributed by atoms with Gasteiger partial charge >= 0.3 is 0 Å². The number of ether oxygens (including phenoxy) is 1. The van der Waals surface area contributed by atoms with Gasteiger partial charge in [-0.05, 0) is 58.4 Å². The zero-order chi connectivity index (χ0) is 18.8. The summed E-state index contributed by atoms with van der Waals surface area (Å²) in [6.07, 6.45) is 3.36. The van der Waals surface area contributed by atoms with Gasteiger partial charge in [0.1, 0.15) is 17.9 Å². The topological polar surface area (TPSA) is 69.0 Å². The summed E-state index contributed by atoms with van der Waals surface area (Å²) in [5, 5.41) is 2.85. The third-order valence-corrected chi connectivity index (χ3v) is 4.82. The third-order valence-electron chi connectivity index (χ3n) is 4.12. The Morgan fingerprint density at radius 1 is 1.11 bits per heavy atom. The van der Waals surface area contributed by atoms with E-state index in [2.05, 4.69) is 31.2 Å². The van der Waals surface area contributed by atoms with Gasteiger partial charge in [0.05, 0.1) is 35.6 Å². The summed E-state index contributed by atoms with van der Waals surface area (Å²) < 4.78 is 7.77. The second-order valence-corrected chi connectivity index (χ2v) is 6.66. The Balaban J connectivity index is 1.57. The molecule has 0 bridgehead atoms. The van der Waals surface area contributed by atoms with E-state index in [0.29, 0.717) is 21.5 Å². The van der Waals surface area contributed by atoms with Gasteiger partial charge in [0.15, 0.2) is 0 Å². The number of benzene rings is 2. The molecule has 0 atom stereocenters. The molecule has 1 amide bonds. The van der Waals surface area contributed by atoms with Gasteiger partial charge in [-0.15, -0.1) is 0 Å². The van der Waals surface area contributed by atoms with Crippen LogP contribution in [0.4, 0.5) is 5.69 Å². The van der Waals surface area contributed by atoms with Crippen molar-refractivity contribution in [3.8, 4) is 11.6 Å². The third kappa shape index (κ3) is 3.41. The number of fused-ring (bicyclic) bond motifs is 1. The molecule has 0 fully saturated rings. The van der Waals surface area contributed by atoms with E-state index in [1.807, 2.05) is 41.0 Å². The van der Waals surface area contributed by atoms with Gasteiger partial charge in [-0.2, -0.15) is 0 Å². The minimum atomic E-state index is -0.247. The van der Waals surface area contributed by atoms with E-state index in [4.69, 9.17) is 4.74 Å². The zero-order valence-electron chi connectivity index (χ0n) is 14.4. The summed E-state index contributed by atoms with van der Waals surface area (Å²) in [5.41, 5.74) is 2.96. The van der Waals surface area contributed by atoms with E-state index >= 15 is 0 Å². The van der Waals surface area contributed by atoms with Crippen LogP contribution in [-0.4, -0.2) is 27.6 Å². The van der Waals surface area contributed by atoms with Crippen LogP contribution in [0.1, 0.15) is 10.4 Å². The molecule has 6 nitrogen and oxygen atoms in total. The maximum Gasteiger partial charge on any atom is 0.256 e. The standard InChI is InChI=1S/C20H15BrN4O2/c1-27-14-7-8-16(21)15(10-14)20(26)24-13-6-9-19(22-11-13)25-12-23-17-4-2-3-5-18(17)25/h2-12H,1H3,(H,24,26). The molecule has 2 aromatic carbocycles. The van der Waals surface area contributed by atoms with Crippen LogP contribution in [0.3, 0.4) is 0 Å². The van der Waals surface area contributed by atoms with Crippen LogP contribution in [0, 0.1) is 0 Å². The number of pyridine rings is 1. The average molecular weight is 423 g/mol. The van der Waals surface area contributed by atoms with Gasteiger partial charge in [-0.1, -0.05) is 12.1 Å². The van der Waals surface area contributed by atoms with Crippen molar-refractivity contribution in [3.63, 3.8) is 0 Å². The molecule has 4 aromatic rings. The highest BCUT2D eigenvalue weighted by Gasteiger charge is 2.12. The molecule has 2 heterocycles. The first kappa shape index (κ1) is 17.2. The lowest BCUT2D eigenvalue weighted by atomic mass is 10.2. The second kappa shape index (κ2) is 7.20. The quantitative estimate of drug-likeness (QED) is 0.527. The van der Waals surface area contributed by atoms with Gasteiger partial charge in [-0.3, -0.25) is 9.36 Å². The molecule has 0 radical (unpaired) electrons. The maximum atomic E-state index is 12.6. The molecule has 0 spiro atoms. The number of aromatic nitrogens is 3. The normalized spacial score (nSPS) is 10.7. The lowest BCUT2D eigenvalue weighted by Crippen LogP contribution is -2.13. The lowest BCUT2D eigenvalue weighted by molar-refractivity contribution is 0.102. The van der Waals surface area contributed by atoms with Crippen LogP contribution < -0.4 is 10.1 Å². The van der Waals surface area contributed by atoms with Crippen LogP contribution in [0.5, 0.6) is 5.75 Å². The van der Waals surface area contributed by atoms with Crippen molar-refractivity contribution in [3.05, 3.63) is 77.2 Å². The molecule has 7 heteroatoms. The number of anilines is 1. The van der Waals surface area contributed by atoms with Crippen molar-refractivity contribution in [1.82, 2.24) is 14.5 Å². The first-order valence-corrected chi connectivity index (χ1v) is 8.98. The molecule has 0 saturated heterocycles. The summed E-state index contributed by atoms with van der Waals surface area (Å²) in [6, 6.07) is 16.7. The SMILES string of the molecule is COc1ccc(Br)c(C(=O)Nc2ccc(-n3cnc4ccccc43)nc2)c1. The molecule has 0 aliphatic heterocycles. The predicted octanol–water partition coefficient (Wildman–Crippen LogP) is 4.44. The fraction of sp³-hybridized carbons (Fsp3) is 0.0500. The monoisotopic (exact) mass is 422 g/mol. The molecule has 0 saturated carbocycles. The summed E-state index contributed by atoms with van der Waals surface area (Å²) >= 11 is 3.39. The van der Waals surface area contributed by atoms with Crippen molar-refractivity contribution < 1.29 is 9.53 Å². The average Bonchev–Trinajstić information content (AvgIpc) is 3.13. The summed E-state index contributed by atoms with van der Waals surface area (Å²) in [4.78, 5) is 21.4. The highest BCUT2D eigenvalue weighted by atomic mass is 79.9. The van der Waals surface area contributed by atoms with E-state index in [9.17, 15) is 4.79 Å². The molecule has 27 heavy (non-hydrogen) atoms. The summed E-state index contributed by atoms with van der Waals surface area (Å²) in [6.45, 7) is 0. The van der Waals surface area contributed by atoms with E-state index in [1.54, 1.807) is 37.8 Å². The molecule has 4 rings (SSSR count). The smallest absolute Gasteiger partial charge is 0.256 e. The highest BCUT2D eigenvalue weighted by molar-refractivity contribution is 9.10. The van der Waals surface area contributed by atoms with E-state index in [0.717, 1.165) is 16.9 Å².